The second-order valence-electron chi connectivity index (χ2n) is 22.4. The molecule has 4 aliphatic heterocycles. The van der Waals surface area contributed by atoms with Crippen LogP contribution in [0, 0.1) is 54.9 Å². The monoisotopic (exact) mass is 1850 g/mol. The van der Waals surface area contributed by atoms with E-state index in [1.54, 1.807) is 6.92 Å². The molecule has 0 saturated carbocycles. The number of nitrogens with one attached hydrogen (secondary N) is 4. The van der Waals surface area contributed by atoms with E-state index in [4.69, 9.17) is 143 Å². The Balaban J connectivity index is 0.000000169. The summed E-state index contributed by atoms with van der Waals surface area (Å²) in [5.41, 5.74) is -6.24. The molecular weight excluding hydrogens is 1760 g/mol. The van der Waals surface area contributed by atoms with Crippen molar-refractivity contribution in [2.75, 3.05) is 46.0 Å². The molecule has 4 aromatic carbocycles. The van der Waals surface area contributed by atoms with Crippen LogP contribution in [0.4, 0.5) is 23.5 Å². The Morgan fingerprint density at radius 1 is 0.414 bits per heavy atom. The van der Waals surface area contributed by atoms with Crippen molar-refractivity contribution < 1.29 is 158 Å². The summed E-state index contributed by atoms with van der Waals surface area (Å²) in [6.07, 6.45) is -5.25. The number of fused-ring (bicyclic) bond motifs is 4. The van der Waals surface area contributed by atoms with Gasteiger partial charge in [-0.2, -0.15) is 0 Å². The maximum Gasteiger partial charge on any atom is 0.265 e. The van der Waals surface area contributed by atoms with Gasteiger partial charge in [0.05, 0.1) is 27.7 Å². The van der Waals surface area contributed by atoms with E-state index in [-0.39, 0.29) is 60.8 Å². The number of Topliss-reactive ketones (excluding diaryl/α,β-unsaturated/α-hetero) is 4. The van der Waals surface area contributed by atoms with Crippen LogP contribution in [0.3, 0.4) is 0 Å². The largest absolute Gasteiger partial charge is 0.454 e. The fourth-order valence-corrected chi connectivity index (χ4v) is 19.4. The number of aryl methyl sites for hydroxylation is 5. The third kappa shape index (κ3) is 18.1. The van der Waals surface area contributed by atoms with Crippen molar-refractivity contribution in [3.8, 4) is 46.0 Å². The highest BCUT2D eigenvalue weighted by Gasteiger charge is 2.34. The number of ether oxygens (including phenoxy) is 8. The number of carbonyl (C=O) groups is 4. The van der Waals surface area contributed by atoms with Gasteiger partial charge in [0.1, 0.15) is 66.6 Å². The highest BCUT2D eigenvalue weighted by Crippen LogP contribution is 2.42. The molecule has 16 rings (SSSR count). The number of thiophene rings is 4. The molecule has 8 aromatic heterocycles. The van der Waals surface area contributed by atoms with Gasteiger partial charge in [-0.05, 0) is 194 Å². The van der Waals surface area contributed by atoms with Crippen LogP contribution in [-0.4, -0.2) is 105 Å². The molecule has 0 saturated heterocycles. The van der Waals surface area contributed by atoms with Crippen LogP contribution in [0.5, 0.6) is 46.0 Å². The lowest BCUT2D eigenvalue weighted by molar-refractivity contribution is 0.0985. The number of aromatic nitrogens is 4. The molecular formula is C72H60Cl4N8O24S8. The molecule has 44 heteroatoms. The van der Waals surface area contributed by atoms with E-state index in [1.165, 1.54) is 33.7 Å². The number of halogens is 4. The number of carbonyl (C=O) groups excluding carboxylic acids is 4. The zero-order valence-electron chi connectivity index (χ0n) is 92.5. The number of ketones is 4. The number of hydrogen-bond acceptors (Lipinski definition) is 32. The number of hydrogen-bond donors (Lipinski definition) is 4. The van der Waals surface area contributed by atoms with E-state index >= 15 is 0 Å². The zero-order chi connectivity index (χ0) is 114. The lowest BCUT2D eigenvalue weighted by Crippen LogP contribution is -2.16. The van der Waals surface area contributed by atoms with Crippen LogP contribution in [0.2, 0.25) is 25.7 Å². The van der Waals surface area contributed by atoms with Crippen LogP contribution in [0.25, 0.3) is 0 Å². The normalized spacial score (nSPS) is 19.4. The number of rotatable bonds is 24. The van der Waals surface area contributed by atoms with Gasteiger partial charge in [-0.3, -0.25) is 19.2 Å². The molecule has 1 unspecified atom stereocenters. The van der Waals surface area contributed by atoms with E-state index in [9.17, 15) is 52.8 Å². The predicted molar refractivity (Wildman–Crippen MR) is 427 cm³/mol. The quantitative estimate of drug-likeness (QED) is 0.0408. The molecule has 0 amide bonds. The first-order chi connectivity index (χ1) is 69.7. The van der Waals surface area contributed by atoms with E-state index in [2.05, 4.69) is 29.7 Å². The van der Waals surface area contributed by atoms with Crippen molar-refractivity contribution in [1.29, 1.82) is 0 Å². The predicted octanol–water partition coefficient (Wildman–Crippen LogP) is 15.8. The standard InChI is InChI=1S/4C18H15ClN2O6S2/c4*1-9-5-13-14(26-8-25-13)7-11(9)6-12(22)17-15(3-4-28-17)29(23,24)21-18-16(19)10(2)20-27-18/h4*3-5,7,21H,6,8H2,1-2H3/i1D3,2D3,5D,7D,8D2;1D3,2D3,5D,7D,8D;1D3,2D3,5D,7D;2D3,6D2/hD4. The van der Waals surface area contributed by atoms with E-state index in [0.717, 1.165) is 24.3 Å². The zero-order valence-corrected chi connectivity index (χ0v) is 66.1. The summed E-state index contributed by atoms with van der Waals surface area (Å²) in [4.78, 5) is 48.5. The van der Waals surface area contributed by atoms with Gasteiger partial charge >= 0.3 is 0 Å². The molecule has 608 valence electrons. The summed E-state index contributed by atoms with van der Waals surface area (Å²) in [6.45, 7) is -23.7. The molecule has 32 nitrogen and oxygen atoms in total. The Hall–Kier alpha value is -10.2. The molecule has 12 heterocycles. The number of nitrogens with zero attached hydrogens (tertiary/aromatic N) is 4. The molecule has 116 heavy (non-hydrogen) atoms. The molecule has 0 aliphatic carbocycles. The smallest absolute Gasteiger partial charge is 0.265 e. The van der Waals surface area contributed by atoms with Gasteiger partial charge in [0.15, 0.2) is 74.8 Å². The highest BCUT2D eigenvalue weighted by molar-refractivity contribution is 7.94. The van der Waals surface area contributed by atoms with Gasteiger partial charge in [0, 0.05) is 57.2 Å². The Morgan fingerprint density at radius 2 is 0.707 bits per heavy atom. The summed E-state index contributed by atoms with van der Waals surface area (Å²) < 4.78 is 445. The Morgan fingerprint density at radius 3 is 1.04 bits per heavy atom. The second-order valence-corrected chi connectivity index (χ2v) is 33.9. The summed E-state index contributed by atoms with van der Waals surface area (Å²) in [7, 11) is -19.6. The van der Waals surface area contributed by atoms with Crippen LogP contribution >= 0.6 is 91.8 Å². The van der Waals surface area contributed by atoms with Gasteiger partial charge in [0.25, 0.3) is 63.6 Å². The number of anilines is 4. The van der Waals surface area contributed by atoms with Crippen molar-refractivity contribution in [3.05, 3.63) is 201 Å². The minimum absolute atomic E-state index is 0.0492. The maximum atomic E-state index is 13.3. The van der Waals surface area contributed by atoms with Gasteiger partial charge < -0.3 is 56.0 Å². The number of sulfonamides is 4. The molecule has 12 aromatic rings. The molecule has 1 atom stereocenters. The van der Waals surface area contributed by atoms with Crippen LogP contribution < -0.4 is 56.8 Å². The molecule has 0 bridgehead atoms. The third-order valence-electron chi connectivity index (χ3n) is 14.9. The van der Waals surface area contributed by atoms with Crippen molar-refractivity contribution in [3.63, 3.8) is 0 Å². The molecule has 4 N–H and O–H groups in total. The fraction of sp³-hybridized carbons (Fsp3) is 0.222. The minimum atomic E-state index is -4.95. The summed E-state index contributed by atoms with van der Waals surface area (Å²) in [6, 6.07) is 2.79. The van der Waals surface area contributed by atoms with Crippen molar-refractivity contribution >= 4 is 179 Å². The van der Waals surface area contributed by atoms with E-state index in [0.29, 0.717) is 56.7 Å². The van der Waals surface area contributed by atoms with Crippen LogP contribution in [0.1, 0.15) is 150 Å². The number of benzene rings is 4. The van der Waals surface area contributed by atoms with Crippen LogP contribution in [0.15, 0.2) is 132 Å². The highest BCUT2D eigenvalue weighted by atomic mass is 35.5. The molecule has 0 radical (unpaired) electrons. The first-order valence-corrected chi connectivity index (χ1v) is 41.5. The van der Waals surface area contributed by atoms with E-state index in [1.807, 2.05) is 0 Å². The average Bonchev–Trinajstić information content (AvgIpc) is 1.58. The van der Waals surface area contributed by atoms with Crippen molar-refractivity contribution in [2.45, 2.75) is 100 Å². The Kier molecular flexibility index (Phi) is 14.4. The lowest BCUT2D eigenvalue weighted by atomic mass is 10.0. The Labute approximate surface area is 747 Å². The first-order valence-electron chi connectivity index (χ1n) is 48.6. The van der Waals surface area contributed by atoms with Gasteiger partial charge in [0.2, 0.25) is 27.1 Å². The SMILES string of the molecule is [2H]N(c1onc(C([2H])([2H])[2H])c1Cl)S(=O)(=O)c1ccsc1C(=O)C([2H])([2H])c1cc2c(cc1C)OCO2.[2H]c1c(CC(=O)c2sccc2S(=O)(=O)N([2H])c2onc(C([2H])([2H])[2H])c2Cl)c(C([2H])([2H])[2H])c([2H])c2c1OC([2H])([2H])O2.[2H]c1c(CC(=O)c2sccc2S(=O)(=O)N([2H])c2onc(C([2H])([2H])[2H])c2Cl)c(C([2H])([2H])[2H])c([2H])c2c1OC([2H])O2.[2H]c1c(CC(=O)c2sccc2S(=O)(=O)N([2H])c2onc(C([2H])([2H])[2H])c2Cl)c(C([2H])([2H])[2H])c([2H])c2c1OCO2. The summed E-state index contributed by atoms with van der Waals surface area (Å²) >= 11 is 26.2. The maximum absolute atomic E-state index is 13.3. The van der Waals surface area contributed by atoms with Crippen molar-refractivity contribution in [2.24, 2.45) is 0 Å². The van der Waals surface area contributed by atoms with Gasteiger partial charge in [-0.1, -0.05) is 67.0 Å². The molecule has 0 spiro atoms. The van der Waals surface area contributed by atoms with Gasteiger partial charge in [-0.15, -0.1) is 45.3 Å². The first kappa shape index (κ1) is 49.1. The molecule has 0 fully saturated rings. The Bertz CT molecular complexity index is 8040. The summed E-state index contributed by atoms with van der Waals surface area (Å²) in [5.74, 6) is -9.76. The van der Waals surface area contributed by atoms with Gasteiger partial charge in [-0.25, -0.2) is 52.5 Å². The minimum Gasteiger partial charge on any atom is -0.454 e. The average molecular weight is 1860 g/mol. The molecule has 4 aliphatic rings. The van der Waals surface area contributed by atoms with E-state index < -0.39 is 343 Å². The van der Waals surface area contributed by atoms with Crippen LogP contribution in [-0.2, 0) is 65.7 Å². The summed E-state index contributed by atoms with van der Waals surface area (Å²) in [5, 5.41) is 14.8. The lowest BCUT2D eigenvalue weighted by Gasteiger charge is -2.09. The second kappa shape index (κ2) is 34.1. The third-order valence-corrected chi connectivity index (χ3v) is 25.8. The fourth-order valence-electron chi connectivity index (χ4n) is 9.59. The van der Waals surface area contributed by atoms with Crippen molar-refractivity contribution in [1.82, 2.24) is 20.6 Å². The topological polar surface area (TPSA) is 431 Å².